The van der Waals surface area contributed by atoms with Gasteiger partial charge in [0.25, 0.3) is 5.69 Å². The van der Waals surface area contributed by atoms with Crippen molar-refractivity contribution in [2.45, 2.75) is 26.5 Å². The summed E-state index contributed by atoms with van der Waals surface area (Å²) in [5, 5.41) is 13.7. The van der Waals surface area contributed by atoms with Gasteiger partial charge in [0.15, 0.2) is 0 Å². The summed E-state index contributed by atoms with van der Waals surface area (Å²) in [6, 6.07) is 12.0. The number of methoxy groups -OCH3 is 1. The highest BCUT2D eigenvalue weighted by atomic mass is 16.6. The monoisotopic (exact) mass is 428 g/mol. The van der Waals surface area contributed by atoms with Crippen molar-refractivity contribution in [1.29, 1.82) is 0 Å². The molecule has 0 aliphatic carbocycles. The van der Waals surface area contributed by atoms with E-state index in [0.29, 0.717) is 18.8 Å². The van der Waals surface area contributed by atoms with Crippen molar-refractivity contribution in [2.75, 3.05) is 38.6 Å². The highest BCUT2D eigenvalue weighted by molar-refractivity contribution is 5.91. The third kappa shape index (κ3) is 6.08. The zero-order valence-corrected chi connectivity index (χ0v) is 18.0. The van der Waals surface area contributed by atoms with Crippen LogP contribution in [-0.4, -0.2) is 60.1 Å². The number of ether oxygens (including phenoxy) is 2. The Hall–Kier alpha value is -3.33. The largest absolute Gasteiger partial charge is 0.494 e. The van der Waals surface area contributed by atoms with Gasteiger partial charge in [0.2, 0.25) is 0 Å². The van der Waals surface area contributed by atoms with E-state index in [-0.39, 0.29) is 23.6 Å². The van der Waals surface area contributed by atoms with E-state index >= 15 is 0 Å². The van der Waals surface area contributed by atoms with Crippen LogP contribution in [0.3, 0.4) is 0 Å². The summed E-state index contributed by atoms with van der Waals surface area (Å²) in [4.78, 5) is 27.1. The number of urea groups is 1. The first-order valence-electron chi connectivity index (χ1n) is 10.2. The van der Waals surface area contributed by atoms with Crippen LogP contribution in [0.2, 0.25) is 0 Å². The predicted molar refractivity (Wildman–Crippen MR) is 118 cm³/mol. The summed E-state index contributed by atoms with van der Waals surface area (Å²) in [6.07, 6.45) is 0.149. The van der Waals surface area contributed by atoms with Crippen LogP contribution in [0.4, 0.5) is 16.2 Å². The maximum atomic E-state index is 12.6. The molecule has 2 aromatic carbocycles. The number of nitrogens with one attached hydrogen (secondary N) is 1. The lowest BCUT2D eigenvalue weighted by Gasteiger charge is -2.34. The van der Waals surface area contributed by atoms with Gasteiger partial charge in [-0.1, -0.05) is 12.1 Å². The van der Waals surface area contributed by atoms with Gasteiger partial charge in [0.05, 0.1) is 29.9 Å². The fourth-order valence-corrected chi connectivity index (χ4v) is 3.40. The number of carbonyl (C=O) groups excluding carboxylic acids is 1. The molecule has 1 saturated heterocycles. The minimum absolute atomic E-state index is 0.0905. The fraction of sp³-hybridized carbons (Fsp3) is 0.409. The van der Waals surface area contributed by atoms with Crippen LogP contribution in [0, 0.1) is 10.1 Å². The molecule has 0 aromatic heterocycles. The van der Waals surface area contributed by atoms with Gasteiger partial charge < -0.3 is 19.7 Å². The van der Waals surface area contributed by atoms with Crippen LogP contribution >= 0.6 is 0 Å². The van der Waals surface area contributed by atoms with Gasteiger partial charge in [-0.2, -0.15) is 0 Å². The maximum Gasteiger partial charge on any atom is 0.322 e. The second-order valence-electron chi connectivity index (χ2n) is 7.65. The van der Waals surface area contributed by atoms with Crippen LogP contribution in [-0.2, 0) is 6.54 Å². The molecule has 1 aliphatic rings. The molecule has 3 rings (SSSR count). The minimum Gasteiger partial charge on any atom is -0.494 e. The van der Waals surface area contributed by atoms with Crippen LogP contribution in [0.5, 0.6) is 11.5 Å². The van der Waals surface area contributed by atoms with Gasteiger partial charge >= 0.3 is 6.03 Å². The molecular weight excluding hydrogens is 400 g/mol. The summed E-state index contributed by atoms with van der Waals surface area (Å²) >= 11 is 0. The Morgan fingerprint density at radius 3 is 2.39 bits per heavy atom. The van der Waals surface area contributed by atoms with Crippen molar-refractivity contribution < 1.29 is 19.2 Å². The van der Waals surface area contributed by atoms with E-state index < -0.39 is 4.92 Å². The molecule has 0 bridgehead atoms. The average molecular weight is 428 g/mol. The van der Waals surface area contributed by atoms with E-state index in [1.54, 1.807) is 4.90 Å². The highest BCUT2D eigenvalue weighted by Gasteiger charge is 2.22. The van der Waals surface area contributed by atoms with Crippen molar-refractivity contribution in [3.8, 4) is 11.5 Å². The van der Waals surface area contributed by atoms with Gasteiger partial charge in [0, 0.05) is 38.8 Å². The molecule has 0 spiro atoms. The second kappa shape index (κ2) is 10.1. The number of nitrogens with zero attached hydrogens (tertiary/aromatic N) is 3. The Bertz CT molecular complexity index is 909. The van der Waals surface area contributed by atoms with E-state index in [2.05, 4.69) is 22.3 Å². The van der Waals surface area contributed by atoms with Crippen molar-refractivity contribution in [3.05, 3.63) is 58.1 Å². The van der Waals surface area contributed by atoms with E-state index in [9.17, 15) is 14.9 Å². The van der Waals surface area contributed by atoms with Gasteiger partial charge in [-0.05, 0) is 37.6 Å². The third-order valence-electron chi connectivity index (χ3n) is 5.00. The molecule has 2 aromatic rings. The van der Waals surface area contributed by atoms with E-state index in [1.807, 2.05) is 26.0 Å². The molecule has 1 heterocycles. The van der Waals surface area contributed by atoms with Crippen molar-refractivity contribution >= 4 is 17.4 Å². The van der Waals surface area contributed by atoms with Gasteiger partial charge in [0.1, 0.15) is 11.5 Å². The topological polar surface area (TPSA) is 97.2 Å². The molecule has 31 heavy (non-hydrogen) atoms. The molecule has 9 nitrogen and oxygen atoms in total. The Balaban J connectivity index is 1.51. The van der Waals surface area contributed by atoms with E-state index in [1.165, 1.54) is 30.9 Å². The average Bonchev–Trinajstić information content (AvgIpc) is 2.75. The summed E-state index contributed by atoms with van der Waals surface area (Å²) < 4.78 is 10.9. The van der Waals surface area contributed by atoms with Gasteiger partial charge in [-0.15, -0.1) is 0 Å². The standard InChI is InChI=1S/C22H28N4O5/c1-16(2)31-19-7-4-17(5-8-19)15-24-10-12-25(13-11-24)22(27)23-20-9-6-18(26(28)29)14-21(20)30-3/h4-9,14,16H,10-13,15H2,1-3H3,(H,23,27). The number of non-ortho nitro benzene ring substituents is 1. The van der Waals surface area contributed by atoms with Crippen LogP contribution in [0.1, 0.15) is 19.4 Å². The molecular formula is C22H28N4O5. The lowest BCUT2D eigenvalue weighted by Crippen LogP contribution is -2.49. The van der Waals surface area contributed by atoms with Gasteiger partial charge in [-0.25, -0.2) is 4.79 Å². The zero-order chi connectivity index (χ0) is 22.4. The highest BCUT2D eigenvalue weighted by Crippen LogP contribution is 2.29. The molecule has 0 radical (unpaired) electrons. The number of nitro benzene ring substituents is 1. The van der Waals surface area contributed by atoms with Crippen molar-refractivity contribution in [1.82, 2.24) is 9.80 Å². The Labute approximate surface area is 181 Å². The maximum absolute atomic E-state index is 12.6. The quantitative estimate of drug-likeness (QED) is 0.533. The zero-order valence-electron chi connectivity index (χ0n) is 18.0. The minimum atomic E-state index is -0.502. The molecule has 1 fully saturated rings. The van der Waals surface area contributed by atoms with Crippen LogP contribution in [0.15, 0.2) is 42.5 Å². The number of rotatable bonds is 7. The fourth-order valence-electron chi connectivity index (χ4n) is 3.40. The Morgan fingerprint density at radius 2 is 1.81 bits per heavy atom. The summed E-state index contributed by atoms with van der Waals surface area (Å²) in [5.41, 5.74) is 1.51. The van der Waals surface area contributed by atoms with Crippen molar-refractivity contribution in [3.63, 3.8) is 0 Å². The molecule has 0 unspecified atom stereocenters. The molecule has 1 N–H and O–H groups in total. The smallest absolute Gasteiger partial charge is 0.322 e. The Morgan fingerprint density at radius 1 is 1.13 bits per heavy atom. The van der Waals surface area contributed by atoms with E-state index in [4.69, 9.17) is 9.47 Å². The first kappa shape index (κ1) is 22.4. The van der Waals surface area contributed by atoms with Crippen LogP contribution in [0.25, 0.3) is 0 Å². The first-order valence-corrected chi connectivity index (χ1v) is 10.2. The summed E-state index contributed by atoms with van der Waals surface area (Å²) in [7, 11) is 1.41. The summed E-state index contributed by atoms with van der Waals surface area (Å²) in [5.74, 6) is 1.12. The molecule has 9 heteroatoms. The van der Waals surface area contributed by atoms with Crippen LogP contribution < -0.4 is 14.8 Å². The second-order valence-corrected chi connectivity index (χ2v) is 7.65. The number of nitro groups is 1. The van der Waals surface area contributed by atoms with Crippen molar-refractivity contribution in [2.24, 2.45) is 0 Å². The predicted octanol–water partition coefficient (Wildman–Crippen LogP) is 3.74. The number of piperazine rings is 1. The molecule has 166 valence electrons. The number of benzene rings is 2. The lowest BCUT2D eigenvalue weighted by molar-refractivity contribution is -0.384. The molecule has 2 amide bonds. The SMILES string of the molecule is COc1cc([N+](=O)[O-])ccc1NC(=O)N1CCN(Cc2ccc(OC(C)C)cc2)CC1. The number of hydrogen-bond donors (Lipinski definition) is 1. The number of anilines is 1. The Kier molecular flexibility index (Phi) is 7.30. The molecule has 1 aliphatic heterocycles. The molecule has 0 saturated carbocycles. The molecule has 0 atom stereocenters. The lowest BCUT2D eigenvalue weighted by atomic mass is 10.2. The number of amides is 2. The summed E-state index contributed by atoms with van der Waals surface area (Å²) in [6.45, 7) is 7.52. The number of hydrogen-bond acceptors (Lipinski definition) is 6. The normalized spacial score (nSPS) is 14.4. The van der Waals surface area contributed by atoms with E-state index in [0.717, 1.165) is 25.4 Å². The van der Waals surface area contributed by atoms with Gasteiger partial charge in [-0.3, -0.25) is 15.0 Å². The first-order chi connectivity index (χ1) is 14.9. The third-order valence-corrected chi connectivity index (χ3v) is 5.00. The number of carbonyl (C=O) groups is 1.